The highest BCUT2D eigenvalue weighted by molar-refractivity contribution is 5.28. The number of hydrogen-bond acceptors (Lipinski definition) is 5. The highest BCUT2D eigenvalue weighted by Crippen LogP contribution is 2.29. The van der Waals surface area contributed by atoms with Crippen molar-refractivity contribution in [3.8, 4) is 5.75 Å². The van der Waals surface area contributed by atoms with Gasteiger partial charge in [-0.05, 0) is 31.9 Å². The summed E-state index contributed by atoms with van der Waals surface area (Å²) in [6.07, 6.45) is 5.18. The number of benzene rings is 1. The van der Waals surface area contributed by atoms with Crippen LogP contribution >= 0.6 is 0 Å². The molecule has 27 heavy (non-hydrogen) atoms. The van der Waals surface area contributed by atoms with E-state index in [0.29, 0.717) is 32.3 Å². The maximum absolute atomic E-state index is 12.2. The van der Waals surface area contributed by atoms with E-state index in [1.54, 1.807) is 12.1 Å². The van der Waals surface area contributed by atoms with Crippen molar-refractivity contribution in [1.82, 2.24) is 0 Å². The third-order valence-corrected chi connectivity index (χ3v) is 4.61. The van der Waals surface area contributed by atoms with Gasteiger partial charge in [-0.3, -0.25) is 0 Å². The monoisotopic (exact) mass is 384 g/mol. The highest BCUT2D eigenvalue weighted by Gasteiger charge is 2.26. The summed E-state index contributed by atoms with van der Waals surface area (Å²) in [5.41, 5.74) is 0.782. The van der Waals surface area contributed by atoms with Crippen molar-refractivity contribution in [2.45, 2.75) is 39.0 Å². The molecule has 0 radical (unpaired) electrons. The van der Waals surface area contributed by atoms with Gasteiger partial charge < -0.3 is 23.7 Å². The molecule has 150 valence electrons. The zero-order chi connectivity index (χ0) is 19.1. The van der Waals surface area contributed by atoms with E-state index < -0.39 is 12.9 Å². The fraction of sp³-hybridized carbons (Fsp3) is 0.600. The molecule has 0 aliphatic carbocycles. The summed E-state index contributed by atoms with van der Waals surface area (Å²) in [4.78, 5) is 0. The Morgan fingerprint density at radius 1 is 1.00 bits per heavy atom. The maximum atomic E-state index is 12.2. The predicted molar refractivity (Wildman–Crippen MR) is 94.4 cm³/mol. The summed E-state index contributed by atoms with van der Waals surface area (Å²) >= 11 is 0. The lowest BCUT2D eigenvalue weighted by Crippen LogP contribution is -2.33. The van der Waals surface area contributed by atoms with Crippen molar-refractivity contribution in [1.29, 1.82) is 0 Å². The van der Waals surface area contributed by atoms with Gasteiger partial charge in [0, 0.05) is 17.4 Å². The Morgan fingerprint density at radius 2 is 1.67 bits per heavy atom. The van der Waals surface area contributed by atoms with Crippen LogP contribution in [0.15, 0.2) is 36.4 Å². The van der Waals surface area contributed by atoms with Gasteiger partial charge >= 0.3 is 6.61 Å². The van der Waals surface area contributed by atoms with Crippen LogP contribution in [0.5, 0.6) is 5.75 Å². The van der Waals surface area contributed by atoms with Crippen LogP contribution in [0.1, 0.15) is 31.6 Å². The molecule has 0 bridgehead atoms. The molecule has 2 saturated heterocycles. The summed E-state index contributed by atoms with van der Waals surface area (Å²) < 4.78 is 51.8. The summed E-state index contributed by atoms with van der Waals surface area (Å²) in [6.45, 7) is 1.71. The molecule has 5 nitrogen and oxygen atoms in total. The van der Waals surface area contributed by atoms with E-state index in [4.69, 9.17) is 18.9 Å². The Hall–Kier alpha value is -1.54. The van der Waals surface area contributed by atoms with Crippen LogP contribution in [0.2, 0.25) is 0 Å². The van der Waals surface area contributed by atoms with Crippen LogP contribution in [0.3, 0.4) is 0 Å². The van der Waals surface area contributed by atoms with E-state index in [-0.39, 0.29) is 18.0 Å². The normalized spacial score (nSPS) is 29.3. The second kappa shape index (κ2) is 10.1. The molecular weight excluding hydrogens is 358 g/mol. The molecule has 7 heteroatoms. The smallest absolute Gasteiger partial charge is 0.387 e. The highest BCUT2D eigenvalue weighted by atomic mass is 19.3. The Morgan fingerprint density at radius 3 is 2.26 bits per heavy atom. The molecule has 0 N–H and O–H groups in total. The van der Waals surface area contributed by atoms with Crippen LogP contribution in [0.25, 0.3) is 0 Å². The first kappa shape index (κ1) is 20.2. The molecule has 0 atom stereocenters. The van der Waals surface area contributed by atoms with E-state index in [9.17, 15) is 8.78 Å². The Labute approximate surface area is 158 Å². The van der Waals surface area contributed by atoms with E-state index >= 15 is 0 Å². The molecular formula is C20H26F2O5. The molecule has 3 rings (SSSR count). The lowest BCUT2D eigenvalue weighted by Gasteiger charge is -2.32. The summed E-state index contributed by atoms with van der Waals surface area (Å²) in [5.74, 6) is 0.737. The van der Waals surface area contributed by atoms with Crippen molar-refractivity contribution in [3.05, 3.63) is 42.0 Å². The number of rotatable bonds is 7. The first-order valence-corrected chi connectivity index (χ1v) is 9.28. The quantitative estimate of drug-likeness (QED) is 0.656. The van der Waals surface area contributed by atoms with Crippen molar-refractivity contribution in [2.75, 3.05) is 26.4 Å². The van der Waals surface area contributed by atoms with Gasteiger partial charge in [-0.2, -0.15) is 8.78 Å². The molecule has 0 saturated carbocycles. The fourth-order valence-corrected chi connectivity index (χ4v) is 3.19. The molecule has 0 spiro atoms. The number of halogens is 2. The molecule has 2 fully saturated rings. The SMILES string of the molecule is C/C=C/[C@H]1CO[C@H](CC[C@H]2CO[C@H](c3ccc(OC(F)F)cc3)OC2)OC1. The largest absolute Gasteiger partial charge is 0.435 e. The van der Waals surface area contributed by atoms with Crippen LogP contribution in [0.4, 0.5) is 8.78 Å². The Bertz CT molecular complexity index is 577. The van der Waals surface area contributed by atoms with Crippen molar-refractivity contribution < 1.29 is 32.5 Å². The van der Waals surface area contributed by atoms with Gasteiger partial charge in [0.25, 0.3) is 0 Å². The van der Waals surface area contributed by atoms with E-state index in [2.05, 4.69) is 10.8 Å². The molecule has 1 aromatic rings. The van der Waals surface area contributed by atoms with Crippen LogP contribution in [-0.2, 0) is 18.9 Å². The lowest BCUT2D eigenvalue weighted by atomic mass is 10.0. The Kier molecular flexibility index (Phi) is 7.58. The minimum absolute atomic E-state index is 0.117. The number of alkyl halides is 2. The minimum atomic E-state index is -2.83. The molecule has 0 aromatic heterocycles. The van der Waals surface area contributed by atoms with Gasteiger partial charge in [-0.1, -0.05) is 24.3 Å². The number of hydrogen-bond donors (Lipinski definition) is 0. The second-order valence-electron chi connectivity index (χ2n) is 6.77. The zero-order valence-electron chi connectivity index (χ0n) is 15.4. The maximum Gasteiger partial charge on any atom is 0.387 e. The topological polar surface area (TPSA) is 46.2 Å². The fourth-order valence-electron chi connectivity index (χ4n) is 3.19. The third kappa shape index (κ3) is 6.24. The molecule has 2 heterocycles. The van der Waals surface area contributed by atoms with E-state index in [1.807, 2.05) is 13.0 Å². The van der Waals surface area contributed by atoms with Crippen molar-refractivity contribution in [3.63, 3.8) is 0 Å². The van der Waals surface area contributed by atoms with Crippen LogP contribution < -0.4 is 4.74 Å². The molecule has 1 aromatic carbocycles. The number of ether oxygens (including phenoxy) is 5. The summed E-state index contributed by atoms with van der Waals surface area (Å²) in [5, 5.41) is 0. The van der Waals surface area contributed by atoms with Crippen molar-refractivity contribution >= 4 is 0 Å². The first-order valence-electron chi connectivity index (χ1n) is 9.28. The average Bonchev–Trinajstić information content (AvgIpc) is 2.68. The van der Waals surface area contributed by atoms with Gasteiger partial charge in [0.2, 0.25) is 0 Å². The van der Waals surface area contributed by atoms with Gasteiger partial charge in [0.15, 0.2) is 12.6 Å². The van der Waals surface area contributed by atoms with Gasteiger partial charge in [-0.25, -0.2) is 0 Å². The predicted octanol–water partition coefficient (Wildman–Crippen LogP) is 4.30. The van der Waals surface area contributed by atoms with Gasteiger partial charge in [0.1, 0.15) is 5.75 Å². The van der Waals surface area contributed by atoms with Gasteiger partial charge in [-0.15, -0.1) is 0 Å². The molecule has 0 amide bonds. The van der Waals surface area contributed by atoms with Gasteiger partial charge in [0.05, 0.1) is 26.4 Å². The van der Waals surface area contributed by atoms with E-state index in [0.717, 1.165) is 18.4 Å². The van der Waals surface area contributed by atoms with E-state index in [1.165, 1.54) is 12.1 Å². The zero-order valence-corrected chi connectivity index (χ0v) is 15.4. The van der Waals surface area contributed by atoms with Crippen LogP contribution in [-0.4, -0.2) is 39.3 Å². The lowest BCUT2D eigenvalue weighted by molar-refractivity contribution is -0.217. The van der Waals surface area contributed by atoms with Crippen molar-refractivity contribution in [2.24, 2.45) is 11.8 Å². The first-order chi connectivity index (χ1) is 13.1. The average molecular weight is 384 g/mol. The number of allylic oxidation sites excluding steroid dienone is 1. The van der Waals surface area contributed by atoms with Crippen LogP contribution in [0, 0.1) is 11.8 Å². The molecule has 2 aliphatic heterocycles. The minimum Gasteiger partial charge on any atom is -0.435 e. The molecule has 2 aliphatic rings. The standard InChI is InChI=1S/C20H26F2O5/c1-2-3-14-10-23-18(24-11-14)9-4-15-12-25-19(26-13-15)16-5-7-17(8-6-16)27-20(21)22/h2-3,5-8,14-15,18-20H,4,9-13H2,1H3/b3-2+/t14-,15-,18-,19-. The third-order valence-electron chi connectivity index (χ3n) is 4.61. The summed E-state index contributed by atoms with van der Waals surface area (Å²) in [6, 6.07) is 6.32. The summed E-state index contributed by atoms with van der Waals surface area (Å²) in [7, 11) is 0. The Balaban J connectivity index is 1.36. The molecule has 0 unspecified atom stereocenters. The second-order valence-corrected chi connectivity index (χ2v) is 6.77.